The molecular weight excluding hydrogens is 258 g/mol. The minimum Gasteiger partial charge on any atom is -0.460 e. The molecule has 0 aliphatic carbocycles. The van der Waals surface area contributed by atoms with Crippen LogP contribution in [-0.4, -0.2) is 10.8 Å². The van der Waals surface area contributed by atoms with E-state index in [0.29, 0.717) is 10.2 Å². The molecule has 0 atom stereocenters. The molecule has 0 N–H and O–H groups in total. The first-order valence-corrected chi connectivity index (χ1v) is 5.18. The highest BCUT2D eigenvalue weighted by Crippen LogP contribution is 2.20. The van der Waals surface area contributed by atoms with E-state index in [1.165, 1.54) is 6.26 Å². The van der Waals surface area contributed by atoms with Crippen molar-refractivity contribution >= 4 is 21.7 Å². The highest BCUT2D eigenvalue weighted by Gasteiger charge is 2.16. The number of nitrogens with zero attached hydrogens (tertiary/aromatic N) is 1. The van der Waals surface area contributed by atoms with E-state index in [4.69, 9.17) is 4.42 Å². The average Bonchev–Trinajstić information content (AvgIpc) is 2.63. The molecule has 0 saturated carbocycles. The van der Waals surface area contributed by atoms with Crippen molar-refractivity contribution in [3.05, 3.63) is 52.1 Å². The van der Waals surface area contributed by atoms with Gasteiger partial charge < -0.3 is 4.42 Å². The zero-order valence-electron chi connectivity index (χ0n) is 8.03. The zero-order chi connectivity index (χ0) is 10.8. The lowest BCUT2D eigenvalue weighted by Gasteiger charge is -1.98. The average molecular weight is 266 g/mol. The first-order chi connectivity index (χ1) is 7.18. The van der Waals surface area contributed by atoms with Crippen LogP contribution in [0.15, 0.2) is 39.5 Å². The van der Waals surface area contributed by atoms with Gasteiger partial charge in [0, 0.05) is 6.20 Å². The normalized spacial score (nSPS) is 10.3. The highest BCUT2D eigenvalue weighted by atomic mass is 79.9. The topological polar surface area (TPSA) is 43.1 Å². The molecule has 0 spiro atoms. The molecule has 0 unspecified atom stereocenters. The molecule has 0 aliphatic heterocycles. The zero-order valence-corrected chi connectivity index (χ0v) is 9.61. The third-order valence-corrected chi connectivity index (χ3v) is 2.60. The fourth-order valence-electron chi connectivity index (χ4n) is 1.23. The lowest BCUT2D eigenvalue weighted by Crippen LogP contribution is -2.03. The smallest absolute Gasteiger partial charge is 0.247 e. The predicted octanol–water partition coefficient (Wildman–Crippen LogP) is 2.98. The van der Waals surface area contributed by atoms with Crippen LogP contribution >= 0.6 is 15.9 Å². The van der Waals surface area contributed by atoms with Crippen molar-refractivity contribution in [2.75, 3.05) is 0 Å². The number of pyridine rings is 1. The molecule has 2 heterocycles. The number of hydrogen-bond acceptors (Lipinski definition) is 3. The van der Waals surface area contributed by atoms with Crippen molar-refractivity contribution in [3.8, 4) is 0 Å². The predicted molar refractivity (Wildman–Crippen MR) is 58.8 cm³/mol. The summed E-state index contributed by atoms with van der Waals surface area (Å²) in [6.07, 6.45) is 3.08. The molecule has 4 heteroatoms. The summed E-state index contributed by atoms with van der Waals surface area (Å²) in [5.41, 5.74) is 1.39. The Morgan fingerprint density at radius 2 is 2.27 bits per heavy atom. The lowest BCUT2D eigenvalue weighted by molar-refractivity contribution is 0.100. The second kappa shape index (κ2) is 3.98. The molecule has 3 nitrogen and oxygen atoms in total. The van der Waals surface area contributed by atoms with Crippen LogP contribution in [0.4, 0.5) is 0 Å². The summed E-state index contributed by atoms with van der Waals surface area (Å²) in [5, 5.41) is 0. The summed E-state index contributed by atoms with van der Waals surface area (Å²) in [4.78, 5) is 15.9. The van der Waals surface area contributed by atoms with Gasteiger partial charge in [0.2, 0.25) is 5.78 Å². The molecule has 0 fully saturated rings. The number of aromatic nitrogens is 1. The maximum absolute atomic E-state index is 11.9. The first-order valence-electron chi connectivity index (χ1n) is 4.39. The Morgan fingerprint density at radius 1 is 1.47 bits per heavy atom. The number of aryl methyl sites for hydroxylation is 1. The molecule has 2 rings (SSSR count). The quantitative estimate of drug-likeness (QED) is 0.785. The summed E-state index contributed by atoms with van der Waals surface area (Å²) < 4.78 is 5.73. The molecule has 0 saturated heterocycles. The summed E-state index contributed by atoms with van der Waals surface area (Å²) in [5.74, 6) is 0.0728. The Hall–Kier alpha value is -1.42. The third kappa shape index (κ3) is 1.99. The number of carbonyl (C=O) groups is 1. The molecule has 0 radical (unpaired) electrons. The number of furan rings is 1. The Labute approximate surface area is 95.3 Å². The van der Waals surface area contributed by atoms with E-state index in [1.807, 2.05) is 13.0 Å². The number of halogens is 1. The Kier molecular flexibility index (Phi) is 2.68. The monoisotopic (exact) mass is 265 g/mol. The van der Waals surface area contributed by atoms with Gasteiger partial charge >= 0.3 is 0 Å². The van der Waals surface area contributed by atoms with Crippen molar-refractivity contribution in [2.45, 2.75) is 6.92 Å². The number of hydrogen-bond donors (Lipinski definition) is 0. The maximum atomic E-state index is 11.9. The molecule has 76 valence electrons. The van der Waals surface area contributed by atoms with E-state index >= 15 is 0 Å². The van der Waals surface area contributed by atoms with E-state index in [0.717, 1.165) is 5.56 Å². The van der Waals surface area contributed by atoms with Gasteiger partial charge in [0.05, 0.1) is 10.7 Å². The van der Waals surface area contributed by atoms with Gasteiger partial charge in [-0.05, 0) is 46.6 Å². The molecule has 0 aliphatic rings. The summed E-state index contributed by atoms with van der Waals surface area (Å²) in [6.45, 7) is 1.91. The van der Waals surface area contributed by atoms with E-state index in [9.17, 15) is 4.79 Å². The molecule has 0 amide bonds. The van der Waals surface area contributed by atoms with Crippen LogP contribution in [0.5, 0.6) is 0 Å². The Balaban J connectivity index is 2.41. The minimum atomic E-state index is -0.212. The Morgan fingerprint density at radius 3 is 2.87 bits per heavy atom. The number of ketones is 1. The van der Waals surface area contributed by atoms with Crippen molar-refractivity contribution in [1.29, 1.82) is 0 Å². The van der Waals surface area contributed by atoms with Crippen LogP contribution in [0.25, 0.3) is 0 Å². The van der Waals surface area contributed by atoms with E-state index < -0.39 is 0 Å². The maximum Gasteiger partial charge on any atom is 0.247 e. The van der Waals surface area contributed by atoms with Gasteiger partial charge in [-0.15, -0.1) is 0 Å². The summed E-state index contributed by atoms with van der Waals surface area (Å²) in [7, 11) is 0. The molecule has 15 heavy (non-hydrogen) atoms. The van der Waals surface area contributed by atoms with Crippen LogP contribution in [0.2, 0.25) is 0 Å². The molecular formula is C11H8BrNO2. The van der Waals surface area contributed by atoms with Crippen LogP contribution < -0.4 is 0 Å². The van der Waals surface area contributed by atoms with Crippen molar-refractivity contribution < 1.29 is 9.21 Å². The van der Waals surface area contributed by atoms with Gasteiger partial charge in [-0.25, -0.2) is 0 Å². The van der Waals surface area contributed by atoms with E-state index in [1.54, 1.807) is 18.3 Å². The molecule has 0 bridgehead atoms. The van der Waals surface area contributed by atoms with Gasteiger partial charge in [-0.2, -0.15) is 0 Å². The minimum absolute atomic E-state index is 0.212. The van der Waals surface area contributed by atoms with Crippen LogP contribution in [0, 0.1) is 6.92 Å². The van der Waals surface area contributed by atoms with Gasteiger partial charge in [-0.3, -0.25) is 9.78 Å². The van der Waals surface area contributed by atoms with Gasteiger partial charge in [0.15, 0.2) is 5.76 Å². The third-order valence-electron chi connectivity index (χ3n) is 1.97. The number of rotatable bonds is 2. The van der Waals surface area contributed by atoms with Gasteiger partial charge in [-0.1, -0.05) is 0 Å². The fourth-order valence-corrected chi connectivity index (χ4v) is 1.61. The van der Waals surface area contributed by atoms with E-state index in [-0.39, 0.29) is 11.5 Å². The highest BCUT2D eigenvalue weighted by molar-refractivity contribution is 9.10. The largest absolute Gasteiger partial charge is 0.460 e. The SMILES string of the molecule is Cc1ccnc(C(=O)c2occc2Br)c1. The molecule has 0 aromatic carbocycles. The lowest BCUT2D eigenvalue weighted by atomic mass is 10.1. The fraction of sp³-hybridized carbons (Fsp3) is 0.0909. The van der Waals surface area contributed by atoms with Gasteiger partial charge in [0.1, 0.15) is 5.69 Å². The van der Waals surface area contributed by atoms with Crippen molar-refractivity contribution in [2.24, 2.45) is 0 Å². The second-order valence-corrected chi connectivity index (χ2v) is 4.00. The van der Waals surface area contributed by atoms with Crippen LogP contribution in [-0.2, 0) is 0 Å². The Bertz CT molecular complexity index is 505. The summed E-state index contributed by atoms with van der Waals surface area (Å²) >= 11 is 3.24. The number of carbonyl (C=O) groups excluding carboxylic acids is 1. The van der Waals surface area contributed by atoms with Crippen LogP contribution in [0.1, 0.15) is 21.8 Å². The standard InChI is InChI=1S/C11H8BrNO2/c1-7-2-4-13-9(6-7)10(14)11-8(12)3-5-15-11/h2-6H,1H3. The molecule has 2 aromatic heterocycles. The molecule has 2 aromatic rings. The van der Waals surface area contributed by atoms with Crippen molar-refractivity contribution in [3.63, 3.8) is 0 Å². The van der Waals surface area contributed by atoms with Crippen LogP contribution in [0.3, 0.4) is 0 Å². The summed E-state index contributed by atoms with van der Waals surface area (Å²) in [6, 6.07) is 5.26. The van der Waals surface area contributed by atoms with E-state index in [2.05, 4.69) is 20.9 Å². The van der Waals surface area contributed by atoms with Gasteiger partial charge in [0.25, 0.3) is 0 Å². The second-order valence-electron chi connectivity index (χ2n) is 3.15. The van der Waals surface area contributed by atoms with Crippen molar-refractivity contribution in [1.82, 2.24) is 4.98 Å². The first kappa shape index (κ1) is 10.1.